The minimum atomic E-state index is -0.428. The summed E-state index contributed by atoms with van der Waals surface area (Å²) in [5.74, 6) is -0.245. The van der Waals surface area contributed by atoms with E-state index in [1.807, 2.05) is 32.8 Å². The Labute approximate surface area is 115 Å². The highest BCUT2D eigenvalue weighted by molar-refractivity contribution is 5.89. The van der Waals surface area contributed by atoms with E-state index >= 15 is 0 Å². The minimum absolute atomic E-state index is 0.0639. The molecule has 1 rings (SSSR count). The number of likely N-dealkylation sites (N-methyl/N-ethyl adjacent to an activating group) is 1. The van der Waals surface area contributed by atoms with Crippen molar-refractivity contribution in [2.24, 2.45) is 11.7 Å². The Kier molecular flexibility index (Phi) is 5.31. The Hall–Kier alpha value is -1.14. The van der Waals surface area contributed by atoms with Gasteiger partial charge in [0.25, 0.3) is 0 Å². The van der Waals surface area contributed by atoms with Gasteiger partial charge in [-0.25, -0.2) is 0 Å². The molecule has 1 unspecified atom stereocenters. The van der Waals surface area contributed by atoms with Crippen molar-refractivity contribution in [3.8, 4) is 0 Å². The quantitative estimate of drug-likeness (QED) is 0.666. The van der Waals surface area contributed by atoms with Crippen LogP contribution in [-0.4, -0.2) is 67.4 Å². The van der Waals surface area contributed by atoms with E-state index in [2.05, 4.69) is 5.32 Å². The summed E-state index contributed by atoms with van der Waals surface area (Å²) in [6.45, 7) is 6.15. The number of hydrogen-bond donors (Lipinski definition) is 2. The van der Waals surface area contributed by atoms with Crippen molar-refractivity contribution in [3.05, 3.63) is 0 Å². The first-order valence-electron chi connectivity index (χ1n) is 6.68. The third kappa shape index (κ3) is 5.57. The number of amides is 2. The smallest absolute Gasteiger partial charge is 0.225 e. The molecule has 0 aliphatic carbocycles. The SMILES string of the molecule is CN(C)CCN1CC(C(=O)NCC(C)(C)N)CC1=O. The topological polar surface area (TPSA) is 78.7 Å². The van der Waals surface area contributed by atoms with Crippen molar-refractivity contribution >= 4 is 11.8 Å². The van der Waals surface area contributed by atoms with Gasteiger partial charge in [-0.15, -0.1) is 0 Å². The van der Waals surface area contributed by atoms with Crippen LogP contribution < -0.4 is 11.1 Å². The molecule has 1 atom stereocenters. The van der Waals surface area contributed by atoms with Gasteiger partial charge in [0.05, 0.1) is 5.92 Å². The Bertz CT molecular complexity index is 336. The molecule has 0 bridgehead atoms. The minimum Gasteiger partial charge on any atom is -0.354 e. The van der Waals surface area contributed by atoms with Gasteiger partial charge in [-0.05, 0) is 27.9 Å². The maximum Gasteiger partial charge on any atom is 0.225 e. The van der Waals surface area contributed by atoms with Gasteiger partial charge in [0.2, 0.25) is 11.8 Å². The first-order valence-corrected chi connectivity index (χ1v) is 6.68. The molecule has 2 amide bonds. The maximum absolute atomic E-state index is 12.0. The zero-order chi connectivity index (χ0) is 14.6. The highest BCUT2D eigenvalue weighted by atomic mass is 16.2. The van der Waals surface area contributed by atoms with Crippen LogP contribution in [0.4, 0.5) is 0 Å². The molecule has 0 aromatic rings. The molecule has 1 fully saturated rings. The summed E-state index contributed by atoms with van der Waals surface area (Å²) < 4.78 is 0. The number of nitrogens with zero attached hydrogens (tertiary/aromatic N) is 2. The van der Waals surface area contributed by atoms with Crippen molar-refractivity contribution in [3.63, 3.8) is 0 Å². The monoisotopic (exact) mass is 270 g/mol. The first kappa shape index (κ1) is 15.9. The van der Waals surface area contributed by atoms with Crippen LogP contribution in [-0.2, 0) is 9.59 Å². The molecule has 0 spiro atoms. The summed E-state index contributed by atoms with van der Waals surface area (Å²) in [5.41, 5.74) is 5.39. The fourth-order valence-electron chi connectivity index (χ4n) is 1.94. The molecule has 1 saturated heterocycles. The zero-order valence-corrected chi connectivity index (χ0v) is 12.4. The standard InChI is InChI=1S/C13H26N4O2/c1-13(2,14)9-15-12(19)10-7-11(18)17(8-10)6-5-16(3)4/h10H,5-9,14H2,1-4H3,(H,15,19). The summed E-state index contributed by atoms with van der Waals surface area (Å²) >= 11 is 0. The Balaban J connectivity index is 2.41. The molecular weight excluding hydrogens is 244 g/mol. The molecule has 0 radical (unpaired) electrons. The summed E-state index contributed by atoms with van der Waals surface area (Å²) in [6, 6.07) is 0. The largest absolute Gasteiger partial charge is 0.354 e. The molecule has 6 heteroatoms. The van der Waals surface area contributed by atoms with Gasteiger partial charge in [0, 0.05) is 38.1 Å². The van der Waals surface area contributed by atoms with E-state index in [-0.39, 0.29) is 17.7 Å². The third-order valence-corrected chi connectivity index (χ3v) is 3.12. The average molecular weight is 270 g/mol. The van der Waals surface area contributed by atoms with Crippen LogP contribution >= 0.6 is 0 Å². The van der Waals surface area contributed by atoms with E-state index in [9.17, 15) is 9.59 Å². The Morgan fingerprint density at radius 2 is 2.16 bits per heavy atom. The molecule has 1 aliphatic rings. The fourth-order valence-corrected chi connectivity index (χ4v) is 1.94. The van der Waals surface area contributed by atoms with Crippen molar-refractivity contribution < 1.29 is 9.59 Å². The van der Waals surface area contributed by atoms with Gasteiger partial charge >= 0.3 is 0 Å². The van der Waals surface area contributed by atoms with Gasteiger partial charge in [0.15, 0.2) is 0 Å². The van der Waals surface area contributed by atoms with Crippen molar-refractivity contribution in [1.82, 2.24) is 15.1 Å². The summed E-state index contributed by atoms with van der Waals surface area (Å²) in [5, 5.41) is 2.82. The lowest BCUT2D eigenvalue weighted by molar-refractivity contribution is -0.129. The van der Waals surface area contributed by atoms with E-state index in [1.165, 1.54) is 0 Å². The van der Waals surface area contributed by atoms with Crippen LogP contribution in [0.25, 0.3) is 0 Å². The number of carbonyl (C=O) groups excluding carboxylic acids is 2. The van der Waals surface area contributed by atoms with E-state index in [0.29, 0.717) is 26.1 Å². The van der Waals surface area contributed by atoms with E-state index < -0.39 is 5.54 Å². The summed E-state index contributed by atoms with van der Waals surface area (Å²) in [4.78, 5) is 27.6. The van der Waals surface area contributed by atoms with Crippen LogP contribution in [0.5, 0.6) is 0 Å². The fraction of sp³-hybridized carbons (Fsp3) is 0.846. The lowest BCUT2D eigenvalue weighted by Gasteiger charge is -2.21. The molecule has 1 heterocycles. The molecule has 3 N–H and O–H groups in total. The zero-order valence-electron chi connectivity index (χ0n) is 12.4. The number of likely N-dealkylation sites (tertiary alicyclic amines) is 1. The number of nitrogens with two attached hydrogens (primary N) is 1. The molecular formula is C13H26N4O2. The van der Waals surface area contributed by atoms with Crippen molar-refractivity contribution in [1.29, 1.82) is 0 Å². The molecule has 1 aliphatic heterocycles. The molecule has 0 saturated carbocycles. The van der Waals surface area contributed by atoms with Crippen molar-refractivity contribution in [2.75, 3.05) is 40.3 Å². The number of hydrogen-bond acceptors (Lipinski definition) is 4. The van der Waals surface area contributed by atoms with Crippen LogP contribution in [0.2, 0.25) is 0 Å². The van der Waals surface area contributed by atoms with Gasteiger partial charge in [-0.3, -0.25) is 9.59 Å². The van der Waals surface area contributed by atoms with E-state index in [0.717, 1.165) is 6.54 Å². The van der Waals surface area contributed by atoms with Crippen molar-refractivity contribution in [2.45, 2.75) is 25.8 Å². The molecule has 0 aromatic carbocycles. The second kappa shape index (κ2) is 6.34. The molecule has 0 aromatic heterocycles. The normalized spacial score (nSPS) is 20.2. The summed E-state index contributed by atoms with van der Waals surface area (Å²) in [7, 11) is 3.93. The third-order valence-electron chi connectivity index (χ3n) is 3.12. The van der Waals surface area contributed by atoms with E-state index in [4.69, 9.17) is 5.73 Å². The second-order valence-corrected chi connectivity index (χ2v) is 6.25. The van der Waals surface area contributed by atoms with Crippen LogP contribution in [0.15, 0.2) is 0 Å². The maximum atomic E-state index is 12.0. The Morgan fingerprint density at radius 3 is 2.68 bits per heavy atom. The van der Waals surface area contributed by atoms with Crippen LogP contribution in [0.3, 0.4) is 0 Å². The van der Waals surface area contributed by atoms with E-state index in [1.54, 1.807) is 4.90 Å². The highest BCUT2D eigenvalue weighted by Gasteiger charge is 2.34. The van der Waals surface area contributed by atoms with Gasteiger partial charge in [0.1, 0.15) is 0 Å². The molecule has 19 heavy (non-hydrogen) atoms. The van der Waals surface area contributed by atoms with Crippen LogP contribution in [0, 0.1) is 5.92 Å². The van der Waals surface area contributed by atoms with Gasteiger partial charge in [-0.1, -0.05) is 0 Å². The predicted molar refractivity (Wildman–Crippen MR) is 74.5 cm³/mol. The predicted octanol–water partition coefficient (Wildman–Crippen LogP) is -0.750. The lowest BCUT2D eigenvalue weighted by Crippen LogP contribution is -2.47. The summed E-state index contributed by atoms with van der Waals surface area (Å²) in [6.07, 6.45) is 0.310. The number of nitrogens with one attached hydrogen (secondary N) is 1. The average Bonchev–Trinajstić information content (AvgIpc) is 2.64. The lowest BCUT2D eigenvalue weighted by atomic mass is 10.1. The second-order valence-electron chi connectivity index (χ2n) is 6.25. The van der Waals surface area contributed by atoms with Crippen LogP contribution in [0.1, 0.15) is 20.3 Å². The Morgan fingerprint density at radius 1 is 1.53 bits per heavy atom. The molecule has 110 valence electrons. The number of carbonyl (C=O) groups is 2. The van der Waals surface area contributed by atoms with Gasteiger partial charge < -0.3 is 20.9 Å². The van der Waals surface area contributed by atoms with Gasteiger partial charge in [-0.2, -0.15) is 0 Å². The number of rotatable bonds is 6. The first-order chi connectivity index (χ1) is 8.69. The molecule has 6 nitrogen and oxygen atoms in total. The highest BCUT2D eigenvalue weighted by Crippen LogP contribution is 2.17.